The van der Waals surface area contributed by atoms with Crippen LogP contribution in [0.1, 0.15) is 21.7 Å². The quantitative estimate of drug-likeness (QED) is 0.499. The van der Waals surface area contributed by atoms with Crippen LogP contribution in [0.5, 0.6) is 0 Å². The van der Waals surface area contributed by atoms with E-state index in [2.05, 4.69) is 20.7 Å². The Balaban J connectivity index is 1.86. The van der Waals surface area contributed by atoms with Gasteiger partial charge in [0.2, 0.25) is 0 Å². The van der Waals surface area contributed by atoms with Crippen LogP contribution in [-0.2, 0) is 0 Å². The molecule has 0 atom stereocenters. The molecule has 0 saturated heterocycles. The number of aromatic nitrogens is 2. The first-order valence-corrected chi connectivity index (χ1v) is 6.33. The van der Waals surface area contributed by atoms with Crippen LogP contribution in [0.15, 0.2) is 41.5 Å². The molecule has 112 valence electrons. The third-order valence-electron chi connectivity index (χ3n) is 2.66. The van der Waals surface area contributed by atoms with Crippen molar-refractivity contribution in [2.75, 3.05) is 0 Å². The van der Waals surface area contributed by atoms with E-state index in [9.17, 15) is 14.9 Å². The van der Waals surface area contributed by atoms with E-state index in [4.69, 9.17) is 0 Å². The van der Waals surface area contributed by atoms with E-state index in [-0.39, 0.29) is 11.4 Å². The van der Waals surface area contributed by atoms with Crippen molar-refractivity contribution < 1.29 is 9.72 Å². The van der Waals surface area contributed by atoms with E-state index < -0.39 is 10.8 Å². The molecule has 2 N–H and O–H groups in total. The number of aryl methyl sites for hydroxylation is 1. The van der Waals surface area contributed by atoms with Crippen LogP contribution in [0.25, 0.3) is 6.08 Å². The molecule has 0 aliphatic rings. The van der Waals surface area contributed by atoms with Gasteiger partial charge in [0.15, 0.2) is 5.69 Å². The van der Waals surface area contributed by atoms with Crippen molar-refractivity contribution in [2.45, 2.75) is 6.92 Å². The number of H-pyrrole nitrogens is 1. The van der Waals surface area contributed by atoms with Crippen molar-refractivity contribution in [3.05, 3.63) is 63.5 Å². The summed E-state index contributed by atoms with van der Waals surface area (Å²) in [5, 5.41) is 20.7. The molecule has 0 aliphatic heterocycles. The number of hydrogen-bond acceptors (Lipinski definition) is 5. The van der Waals surface area contributed by atoms with Crippen molar-refractivity contribution in [1.82, 2.24) is 15.6 Å². The topological polar surface area (TPSA) is 113 Å². The summed E-state index contributed by atoms with van der Waals surface area (Å²) in [7, 11) is 0. The Morgan fingerprint density at radius 1 is 1.41 bits per heavy atom. The number of carbonyl (C=O) groups is 1. The Labute approximate surface area is 125 Å². The summed E-state index contributed by atoms with van der Waals surface area (Å²) in [5.74, 6) is -0.413. The standard InChI is InChI=1S/C14H13N5O3/c1-10-9-13(17-16-10)14(20)18-15-8-2-3-11-4-6-12(7-5-11)19(21)22/h2-9H,1H3,(H,16,17)(H,18,20)/b3-2-,15-8?. The largest absolute Gasteiger partial charge is 0.291 e. The second kappa shape index (κ2) is 6.93. The number of hydrazone groups is 1. The maximum absolute atomic E-state index is 11.6. The van der Waals surface area contributed by atoms with Crippen LogP contribution in [0.3, 0.4) is 0 Å². The highest BCUT2D eigenvalue weighted by atomic mass is 16.6. The van der Waals surface area contributed by atoms with Crippen LogP contribution in [0.4, 0.5) is 5.69 Å². The van der Waals surface area contributed by atoms with Gasteiger partial charge in [-0.1, -0.05) is 6.08 Å². The second-order valence-electron chi connectivity index (χ2n) is 4.36. The highest BCUT2D eigenvalue weighted by molar-refractivity contribution is 5.92. The van der Waals surface area contributed by atoms with Crippen molar-refractivity contribution in [1.29, 1.82) is 0 Å². The number of nitro benzene ring substituents is 1. The van der Waals surface area contributed by atoms with Crippen molar-refractivity contribution in [3.63, 3.8) is 0 Å². The van der Waals surface area contributed by atoms with Gasteiger partial charge in [0, 0.05) is 24.0 Å². The predicted octanol–water partition coefficient (Wildman–Crippen LogP) is 2.06. The molecule has 1 aromatic carbocycles. The monoisotopic (exact) mass is 299 g/mol. The number of nitrogens with one attached hydrogen (secondary N) is 2. The minimum Gasteiger partial charge on any atom is -0.282 e. The van der Waals surface area contributed by atoms with Crippen LogP contribution in [0.2, 0.25) is 0 Å². The van der Waals surface area contributed by atoms with Gasteiger partial charge in [0.05, 0.1) is 4.92 Å². The molecule has 0 bridgehead atoms. The highest BCUT2D eigenvalue weighted by Crippen LogP contribution is 2.12. The first-order chi connectivity index (χ1) is 10.6. The zero-order valence-electron chi connectivity index (χ0n) is 11.7. The zero-order chi connectivity index (χ0) is 15.9. The minimum absolute atomic E-state index is 0.0346. The summed E-state index contributed by atoms with van der Waals surface area (Å²) in [6.45, 7) is 1.79. The molecular weight excluding hydrogens is 286 g/mol. The lowest BCUT2D eigenvalue weighted by molar-refractivity contribution is -0.384. The highest BCUT2D eigenvalue weighted by Gasteiger charge is 2.06. The zero-order valence-corrected chi connectivity index (χ0v) is 11.7. The molecule has 0 saturated carbocycles. The number of nitrogens with zero attached hydrogens (tertiary/aromatic N) is 3. The van der Waals surface area contributed by atoms with Gasteiger partial charge < -0.3 is 0 Å². The summed E-state index contributed by atoms with van der Waals surface area (Å²) < 4.78 is 0. The van der Waals surface area contributed by atoms with Crippen molar-refractivity contribution in [2.24, 2.45) is 5.10 Å². The average molecular weight is 299 g/mol. The lowest BCUT2D eigenvalue weighted by Crippen LogP contribution is -2.17. The molecule has 1 heterocycles. The van der Waals surface area contributed by atoms with E-state index in [1.807, 2.05) is 0 Å². The lowest BCUT2D eigenvalue weighted by Gasteiger charge is -1.93. The Kier molecular flexibility index (Phi) is 4.76. The lowest BCUT2D eigenvalue weighted by atomic mass is 10.2. The Bertz CT molecular complexity index is 731. The fourth-order valence-electron chi connectivity index (χ4n) is 1.59. The first-order valence-electron chi connectivity index (χ1n) is 6.33. The van der Waals surface area contributed by atoms with Crippen molar-refractivity contribution in [3.8, 4) is 0 Å². The number of rotatable bonds is 5. The number of carbonyl (C=O) groups excluding carboxylic acids is 1. The maximum atomic E-state index is 11.6. The summed E-state index contributed by atoms with van der Waals surface area (Å²) in [4.78, 5) is 21.7. The number of aromatic amines is 1. The Morgan fingerprint density at radius 3 is 2.73 bits per heavy atom. The second-order valence-corrected chi connectivity index (χ2v) is 4.36. The fourth-order valence-corrected chi connectivity index (χ4v) is 1.59. The molecule has 0 spiro atoms. The molecule has 2 rings (SSSR count). The number of nitro groups is 1. The Morgan fingerprint density at radius 2 is 2.14 bits per heavy atom. The van der Waals surface area contributed by atoms with Crippen molar-refractivity contribution >= 4 is 23.9 Å². The van der Waals surface area contributed by atoms with Gasteiger partial charge in [-0.3, -0.25) is 20.0 Å². The van der Waals surface area contributed by atoms with E-state index in [0.29, 0.717) is 0 Å². The number of benzene rings is 1. The van der Waals surface area contributed by atoms with Crippen LogP contribution in [-0.4, -0.2) is 27.2 Å². The molecule has 0 fully saturated rings. The van der Waals surface area contributed by atoms with Gasteiger partial charge in [-0.2, -0.15) is 10.2 Å². The Hall–Kier alpha value is -3.29. The predicted molar refractivity (Wildman–Crippen MR) is 81.4 cm³/mol. The average Bonchev–Trinajstić information content (AvgIpc) is 2.94. The van der Waals surface area contributed by atoms with Gasteiger partial charge in [0.25, 0.3) is 11.6 Å². The van der Waals surface area contributed by atoms with E-state index in [1.165, 1.54) is 18.3 Å². The molecular formula is C14H13N5O3. The van der Waals surface area contributed by atoms with E-state index in [1.54, 1.807) is 37.3 Å². The number of non-ortho nitro benzene ring substituents is 1. The molecule has 8 nitrogen and oxygen atoms in total. The van der Waals surface area contributed by atoms with E-state index >= 15 is 0 Å². The van der Waals surface area contributed by atoms with Crippen LogP contribution >= 0.6 is 0 Å². The molecule has 1 aromatic heterocycles. The van der Waals surface area contributed by atoms with Gasteiger partial charge in [-0.05, 0) is 36.8 Å². The minimum atomic E-state index is -0.457. The third kappa shape index (κ3) is 4.10. The normalized spacial score (nSPS) is 11.1. The molecule has 0 aliphatic carbocycles. The summed E-state index contributed by atoms with van der Waals surface area (Å²) in [5.41, 5.74) is 4.19. The van der Waals surface area contributed by atoms with Gasteiger partial charge in [0.1, 0.15) is 0 Å². The third-order valence-corrected chi connectivity index (χ3v) is 2.66. The number of amides is 1. The molecule has 8 heteroatoms. The molecule has 1 amide bonds. The molecule has 22 heavy (non-hydrogen) atoms. The fraction of sp³-hybridized carbons (Fsp3) is 0.0714. The summed E-state index contributed by atoms with van der Waals surface area (Å²) >= 11 is 0. The molecule has 2 aromatic rings. The van der Waals surface area contributed by atoms with E-state index in [0.717, 1.165) is 11.3 Å². The first kappa shape index (κ1) is 15.1. The van der Waals surface area contributed by atoms with Crippen LogP contribution in [0, 0.1) is 17.0 Å². The smallest absolute Gasteiger partial charge is 0.282 e. The molecule has 0 radical (unpaired) electrons. The SMILES string of the molecule is Cc1cc(C(=O)NN=C/C=C\c2ccc([N+](=O)[O-])cc2)n[nH]1. The summed E-state index contributed by atoms with van der Waals surface area (Å²) in [6.07, 6.45) is 4.72. The number of allylic oxidation sites excluding steroid dienone is 1. The van der Waals surface area contributed by atoms with Crippen LogP contribution < -0.4 is 5.43 Å². The summed E-state index contributed by atoms with van der Waals surface area (Å²) in [6, 6.07) is 7.68. The molecule has 0 unspecified atom stereocenters. The van der Waals surface area contributed by atoms with Gasteiger partial charge in [-0.15, -0.1) is 0 Å². The van der Waals surface area contributed by atoms with Gasteiger partial charge in [-0.25, -0.2) is 5.43 Å². The number of hydrogen-bond donors (Lipinski definition) is 2. The van der Waals surface area contributed by atoms with Gasteiger partial charge >= 0.3 is 0 Å². The maximum Gasteiger partial charge on any atom is 0.291 e.